The molecule has 0 heterocycles. The number of esters is 1. The molecule has 0 radical (unpaired) electrons. The van der Waals surface area contributed by atoms with E-state index in [1.807, 2.05) is 0 Å². The van der Waals surface area contributed by atoms with Gasteiger partial charge in [-0.3, -0.25) is 4.74 Å². The number of nitrogen functional groups attached to an aromatic ring is 1. The number of aryl methyl sites for hydroxylation is 1. The Balaban J connectivity index is 2.43. The molecule has 0 spiro atoms. The van der Waals surface area contributed by atoms with E-state index < -0.39 is 25.5 Å². The zero-order valence-corrected chi connectivity index (χ0v) is 9.58. The van der Waals surface area contributed by atoms with Crippen molar-refractivity contribution in [3.05, 3.63) is 29.3 Å². The van der Waals surface area contributed by atoms with E-state index in [0.717, 1.165) is 0 Å². The minimum Gasteiger partial charge on any atom is -0.460 e. The van der Waals surface area contributed by atoms with Gasteiger partial charge in [-0.2, -0.15) is 0 Å². The molecular formula is C11H12F3NO3. The zero-order chi connectivity index (χ0) is 13.8. The van der Waals surface area contributed by atoms with Crippen molar-refractivity contribution in [2.24, 2.45) is 0 Å². The van der Waals surface area contributed by atoms with Gasteiger partial charge in [-0.25, -0.2) is 4.79 Å². The maximum atomic E-state index is 11.6. The monoisotopic (exact) mass is 263 g/mol. The first-order valence-corrected chi connectivity index (χ1v) is 5.03. The van der Waals surface area contributed by atoms with Crippen LogP contribution in [0.25, 0.3) is 0 Å². The lowest BCUT2D eigenvalue weighted by Crippen LogP contribution is -2.18. The van der Waals surface area contributed by atoms with Crippen LogP contribution >= 0.6 is 0 Å². The van der Waals surface area contributed by atoms with Gasteiger partial charge in [0.05, 0.1) is 12.2 Å². The fourth-order valence-corrected chi connectivity index (χ4v) is 1.18. The molecule has 0 atom stereocenters. The number of hydrogen-bond donors (Lipinski definition) is 1. The summed E-state index contributed by atoms with van der Waals surface area (Å²) in [6.45, 7) is 0.504. The smallest absolute Gasteiger partial charge is 0.460 e. The van der Waals surface area contributed by atoms with Gasteiger partial charge >= 0.3 is 12.3 Å². The van der Waals surface area contributed by atoms with Crippen LogP contribution in [0.1, 0.15) is 15.9 Å². The number of hydrogen-bond acceptors (Lipinski definition) is 4. The standard InChI is InChI=1S/C11H12F3NO3/c1-7-6-8(2-3-9(7)15)10(16)17-4-5-18-11(12,13)14/h2-3,6H,4-5,15H2,1H3. The molecule has 1 rings (SSSR count). The van der Waals surface area contributed by atoms with Gasteiger partial charge < -0.3 is 10.5 Å². The fourth-order valence-electron chi connectivity index (χ4n) is 1.18. The molecule has 0 bridgehead atoms. The van der Waals surface area contributed by atoms with E-state index in [0.29, 0.717) is 11.3 Å². The van der Waals surface area contributed by atoms with Crippen molar-refractivity contribution in [1.29, 1.82) is 0 Å². The molecule has 0 aliphatic heterocycles. The highest BCUT2D eigenvalue weighted by Gasteiger charge is 2.28. The maximum Gasteiger partial charge on any atom is 0.522 e. The van der Waals surface area contributed by atoms with E-state index in [-0.39, 0.29) is 5.56 Å². The Bertz CT molecular complexity index is 432. The number of rotatable bonds is 4. The fraction of sp³-hybridized carbons (Fsp3) is 0.364. The Morgan fingerprint density at radius 3 is 2.56 bits per heavy atom. The number of halogens is 3. The van der Waals surface area contributed by atoms with Gasteiger partial charge in [-0.15, -0.1) is 13.2 Å². The number of carbonyl (C=O) groups excluding carboxylic acids is 1. The van der Waals surface area contributed by atoms with E-state index in [1.54, 1.807) is 6.92 Å². The van der Waals surface area contributed by atoms with Crippen LogP contribution < -0.4 is 5.73 Å². The Labute approximate surface area is 101 Å². The molecule has 100 valence electrons. The van der Waals surface area contributed by atoms with Crippen LogP contribution in [0.3, 0.4) is 0 Å². The van der Waals surface area contributed by atoms with Crippen molar-refractivity contribution in [3.63, 3.8) is 0 Å². The van der Waals surface area contributed by atoms with E-state index in [9.17, 15) is 18.0 Å². The molecule has 0 aliphatic rings. The van der Waals surface area contributed by atoms with Crippen LogP contribution in [0.2, 0.25) is 0 Å². The lowest BCUT2D eigenvalue weighted by molar-refractivity contribution is -0.326. The van der Waals surface area contributed by atoms with Crippen molar-refractivity contribution in [3.8, 4) is 0 Å². The van der Waals surface area contributed by atoms with Crippen molar-refractivity contribution >= 4 is 11.7 Å². The second-order valence-electron chi connectivity index (χ2n) is 3.50. The van der Waals surface area contributed by atoms with Crippen LogP contribution in [0.4, 0.5) is 18.9 Å². The molecule has 1 aromatic carbocycles. The van der Waals surface area contributed by atoms with Crippen LogP contribution in [0, 0.1) is 6.92 Å². The first-order valence-electron chi connectivity index (χ1n) is 5.03. The average Bonchev–Trinajstić information content (AvgIpc) is 2.26. The molecule has 0 amide bonds. The molecule has 0 fully saturated rings. The summed E-state index contributed by atoms with van der Waals surface area (Å²) in [4.78, 5) is 11.4. The number of alkyl halides is 3. The van der Waals surface area contributed by atoms with Crippen molar-refractivity contribution in [1.82, 2.24) is 0 Å². The molecule has 2 N–H and O–H groups in total. The second-order valence-corrected chi connectivity index (χ2v) is 3.50. The molecule has 1 aromatic rings. The summed E-state index contributed by atoms with van der Waals surface area (Å²) in [5, 5.41) is 0. The normalized spacial score (nSPS) is 11.3. The summed E-state index contributed by atoms with van der Waals surface area (Å²) in [5.41, 5.74) is 7.00. The minimum absolute atomic E-state index is 0.230. The topological polar surface area (TPSA) is 61.5 Å². The average molecular weight is 263 g/mol. The van der Waals surface area contributed by atoms with Gasteiger partial charge in [0.2, 0.25) is 0 Å². The Hall–Kier alpha value is -1.76. The van der Waals surface area contributed by atoms with Gasteiger partial charge in [0.15, 0.2) is 0 Å². The summed E-state index contributed by atoms with van der Waals surface area (Å²) in [6, 6.07) is 4.47. The van der Waals surface area contributed by atoms with E-state index in [4.69, 9.17) is 5.73 Å². The highest BCUT2D eigenvalue weighted by atomic mass is 19.4. The quantitative estimate of drug-likeness (QED) is 0.514. The molecule has 0 aromatic heterocycles. The molecule has 0 unspecified atom stereocenters. The van der Waals surface area contributed by atoms with Gasteiger partial charge in [0.25, 0.3) is 0 Å². The molecular weight excluding hydrogens is 251 g/mol. The predicted molar refractivity (Wildman–Crippen MR) is 57.9 cm³/mol. The number of benzene rings is 1. The Morgan fingerprint density at radius 1 is 1.33 bits per heavy atom. The number of ether oxygens (including phenoxy) is 2. The SMILES string of the molecule is Cc1cc(C(=O)OCCOC(F)(F)F)ccc1N. The van der Waals surface area contributed by atoms with Crippen molar-refractivity contribution in [2.45, 2.75) is 13.3 Å². The lowest BCUT2D eigenvalue weighted by Gasteiger charge is -2.08. The number of nitrogens with two attached hydrogens (primary N) is 1. The van der Waals surface area contributed by atoms with Crippen molar-refractivity contribution < 1.29 is 27.4 Å². The van der Waals surface area contributed by atoms with Gasteiger partial charge in [0.1, 0.15) is 6.61 Å². The molecule has 4 nitrogen and oxygen atoms in total. The van der Waals surface area contributed by atoms with E-state index in [1.165, 1.54) is 18.2 Å². The zero-order valence-electron chi connectivity index (χ0n) is 9.58. The Kier molecular flexibility index (Phi) is 4.55. The molecule has 7 heteroatoms. The molecule has 0 saturated heterocycles. The third-order valence-electron chi connectivity index (χ3n) is 2.09. The minimum atomic E-state index is -4.72. The summed E-state index contributed by atoms with van der Waals surface area (Å²) in [7, 11) is 0. The first kappa shape index (κ1) is 14.3. The summed E-state index contributed by atoms with van der Waals surface area (Å²) >= 11 is 0. The first-order chi connectivity index (χ1) is 8.29. The van der Waals surface area contributed by atoms with Crippen LogP contribution in [0.5, 0.6) is 0 Å². The third kappa shape index (κ3) is 4.62. The van der Waals surface area contributed by atoms with Crippen molar-refractivity contribution in [2.75, 3.05) is 18.9 Å². The largest absolute Gasteiger partial charge is 0.522 e. The van der Waals surface area contributed by atoms with Crippen LogP contribution in [-0.2, 0) is 9.47 Å². The lowest BCUT2D eigenvalue weighted by atomic mass is 10.1. The van der Waals surface area contributed by atoms with Gasteiger partial charge in [-0.1, -0.05) is 0 Å². The highest BCUT2D eigenvalue weighted by molar-refractivity contribution is 5.90. The van der Waals surface area contributed by atoms with E-state index >= 15 is 0 Å². The Morgan fingerprint density at radius 2 is 2.00 bits per heavy atom. The molecule has 0 aliphatic carbocycles. The van der Waals surface area contributed by atoms with Gasteiger partial charge in [0, 0.05) is 5.69 Å². The number of anilines is 1. The second kappa shape index (κ2) is 5.72. The molecule has 18 heavy (non-hydrogen) atoms. The van der Waals surface area contributed by atoms with Gasteiger partial charge in [-0.05, 0) is 30.7 Å². The maximum absolute atomic E-state index is 11.6. The van der Waals surface area contributed by atoms with Crippen LogP contribution in [-0.4, -0.2) is 25.5 Å². The summed E-state index contributed by atoms with van der Waals surface area (Å²) in [6.07, 6.45) is -4.72. The molecule has 0 saturated carbocycles. The third-order valence-corrected chi connectivity index (χ3v) is 2.09. The number of carbonyl (C=O) groups is 1. The van der Waals surface area contributed by atoms with E-state index in [2.05, 4.69) is 9.47 Å². The predicted octanol–water partition coefficient (Wildman–Crippen LogP) is 2.27. The highest BCUT2D eigenvalue weighted by Crippen LogP contribution is 2.16. The summed E-state index contributed by atoms with van der Waals surface area (Å²) in [5.74, 6) is -0.719. The summed E-state index contributed by atoms with van der Waals surface area (Å²) < 4.78 is 42.9. The van der Waals surface area contributed by atoms with Crippen LogP contribution in [0.15, 0.2) is 18.2 Å².